The van der Waals surface area contributed by atoms with Crippen molar-refractivity contribution in [2.75, 3.05) is 16.4 Å². The van der Waals surface area contributed by atoms with Crippen LogP contribution in [0.2, 0.25) is 0 Å². The highest BCUT2D eigenvalue weighted by Gasteiger charge is 2.14. The van der Waals surface area contributed by atoms with E-state index in [1.54, 1.807) is 0 Å². The average molecular weight is 438 g/mol. The summed E-state index contributed by atoms with van der Waals surface area (Å²) in [7, 11) is 1.85. The second kappa shape index (κ2) is 10.3. The van der Waals surface area contributed by atoms with E-state index in [-0.39, 0.29) is 17.6 Å². The van der Waals surface area contributed by atoms with E-state index in [9.17, 15) is 9.59 Å². The summed E-state index contributed by atoms with van der Waals surface area (Å²) in [6.07, 6.45) is 0.772. The van der Waals surface area contributed by atoms with Crippen molar-refractivity contribution in [3.05, 3.63) is 65.0 Å². The van der Waals surface area contributed by atoms with Gasteiger partial charge in [-0.1, -0.05) is 36.0 Å². The van der Waals surface area contributed by atoms with Crippen LogP contribution in [0.25, 0.3) is 0 Å². The van der Waals surface area contributed by atoms with Crippen LogP contribution in [-0.4, -0.2) is 32.3 Å². The van der Waals surface area contributed by atoms with E-state index < -0.39 is 0 Å². The average Bonchev–Trinajstić information content (AvgIpc) is 3.08. The SMILES string of the molecule is Cc1cccc(NC(=O)CSc2nnc(CCC(=O)Nc3cccc(C)c3C)n2C)c1. The molecule has 31 heavy (non-hydrogen) atoms. The van der Waals surface area contributed by atoms with Crippen LogP contribution in [0.15, 0.2) is 47.6 Å². The van der Waals surface area contributed by atoms with E-state index in [2.05, 4.69) is 20.8 Å². The Morgan fingerprint density at radius 3 is 2.55 bits per heavy atom. The highest BCUT2D eigenvalue weighted by molar-refractivity contribution is 7.99. The Bertz CT molecular complexity index is 1090. The molecule has 1 heterocycles. The molecule has 2 aromatic carbocycles. The molecule has 1 aromatic heterocycles. The zero-order valence-electron chi connectivity index (χ0n) is 18.2. The topological polar surface area (TPSA) is 88.9 Å². The lowest BCUT2D eigenvalue weighted by Crippen LogP contribution is -2.15. The number of benzene rings is 2. The number of carbonyl (C=O) groups is 2. The summed E-state index contributed by atoms with van der Waals surface area (Å²) < 4.78 is 1.83. The van der Waals surface area contributed by atoms with Gasteiger partial charge in [-0.3, -0.25) is 9.59 Å². The number of nitrogens with zero attached hydrogens (tertiary/aromatic N) is 3. The zero-order valence-corrected chi connectivity index (χ0v) is 19.0. The van der Waals surface area contributed by atoms with E-state index >= 15 is 0 Å². The van der Waals surface area contributed by atoms with Crippen LogP contribution in [0.4, 0.5) is 11.4 Å². The van der Waals surface area contributed by atoms with Gasteiger partial charge in [0, 0.05) is 31.3 Å². The third-order valence-electron chi connectivity index (χ3n) is 5.01. The highest BCUT2D eigenvalue weighted by Crippen LogP contribution is 2.19. The first-order valence-corrected chi connectivity index (χ1v) is 11.1. The Morgan fingerprint density at radius 1 is 1.00 bits per heavy atom. The molecule has 0 atom stereocenters. The minimum absolute atomic E-state index is 0.0663. The Balaban J connectivity index is 1.50. The molecule has 2 amide bonds. The van der Waals surface area contributed by atoms with Gasteiger partial charge in [-0.15, -0.1) is 10.2 Å². The van der Waals surface area contributed by atoms with Crippen LogP contribution < -0.4 is 10.6 Å². The van der Waals surface area contributed by atoms with Crippen molar-refractivity contribution in [2.45, 2.75) is 38.8 Å². The number of rotatable bonds is 8. The molecule has 0 unspecified atom stereocenters. The number of hydrogen-bond donors (Lipinski definition) is 2. The highest BCUT2D eigenvalue weighted by atomic mass is 32.2. The minimum atomic E-state index is -0.104. The lowest BCUT2D eigenvalue weighted by atomic mass is 10.1. The summed E-state index contributed by atoms with van der Waals surface area (Å²) >= 11 is 1.32. The van der Waals surface area contributed by atoms with Crippen LogP contribution in [0, 0.1) is 20.8 Å². The fourth-order valence-corrected chi connectivity index (χ4v) is 3.79. The number of hydrogen-bond acceptors (Lipinski definition) is 5. The molecule has 8 heteroatoms. The van der Waals surface area contributed by atoms with Crippen molar-refractivity contribution in [1.29, 1.82) is 0 Å². The molecule has 3 rings (SSSR count). The Morgan fingerprint density at radius 2 is 1.77 bits per heavy atom. The molecule has 0 aliphatic rings. The number of thioether (sulfide) groups is 1. The maximum atomic E-state index is 12.4. The lowest BCUT2D eigenvalue weighted by molar-refractivity contribution is -0.116. The first-order chi connectivity index (χ1) is 14.8. The van der Waals surface area contributed by atoms with Gasteiger partial charge >= 0.3 is 0 Å². The van der Waals surface area contributed by atoms with E-state index in [0.29, 0.717) is 23.8 Å². The maximum Gasteiger partial charge on any atom is 0.234 e. The Kier molecular flexibility index (Phi) is 7.46. The van der Waals surface area contributed by atoms with Gasteiger partial charge in [-0.05, 0) is 55.7 Å². The Labute approximate surface area is 186 Å². The largest absolute Gasteiger partial charge is 0.326 e. The number of carbonyl (C=O) groups excluding carboxylic acids is 2. The standard InChI is InChI=1S/C23H27N5O2S/c1-15-7-5-9-18(13-15)24-22(30)14-31-23-27-26-20(28(23)4)11-12-21(29)25-19-10-6-8-16(2)17(19)3/h5-10,13H,11-12,14H2,1-4H3,(H,24,30)(H,25,29). The Hall–Kier alpha value is -3.13. The maximum absolute atomic E-state index is 12.4. The predicted molar refractivity (Wildman–Crippen MR) is 124 cm³/mol. The smallest absolute Gasteiger partial charge is 0.234 e. The number of nitrogens with one attached hydrogen (secondary N) is 2. The van der Waals surface area contributed by atoms with Crippen molar-refractivity contribution in [2.24, 2.45) is 7.05 Å². The molecule has 0 saturated carbocycles. The van der Waals surface area contributed by atoms with Crippen molar-refractivity contribution in [1.82, 2.24) is 14.8 Å². The summed E-state index contributed by atoms with van der Waals surface area (Å²) in [6, 6.07) is 13.5. The van der Waals surface area contributed by atoms with Crippen molar-refractivity contribution in [3.63, 3.8) is 0 Å². The summed E-state index contributed by atoms with van der Waals surface area (Å²) in [5, 5.41) is 14.8. The van der Waals surface area contributed by atoms with Crippen molar-refractivity contribution in [3.8, 4) is 0 Å². The molecule has 3 aromatic rings. The molecule has 162 valence electrons. The quantitative estimate of drug-likeness (QED) is 0.519. The first-order valence-electron chi connectivity index (χ1n) is 10.1. The third kappa shape index (κ3) is 6.18. The van der Waals surface area contributed by atoms with Crippen LogP contribution in [-0.2, 0) is 23.1 Å². The van der Waals surface area contributed by atoms with Crippen LogP contribution >= 0.6 is 11.8 Å². The molecule has 0 bridgehead atoms. The monoisotopic (exact) mass is 437 g/mol. The van der Waals surface area contributed by atoms with Gasteiger partial charge in [0.05, 0.1) is 5.75 Å². The van der Waals surface area contributed by atoms with Gasteiger partial charge in [0.25, 0.3) is 0 Å². The molecule has 0 spiro atoms. The van der Waals surface area contributed by atoms with Crippen LogP contribution in [0.5, 0.6) is 0 Å². The fraction of sp³-hybridized carbons (Fsp3) is 0.304. The summed E-state index contributed by atoms with van der Waals surface area (Å²) in [4.78, 5) is 24.6. The van der Waals surface area contributed by atoms with Gasteiger partial charge < -0.3 is 15.2 Å². The van der Waals surface area contributed by atoms with E-state index in [1.165, 1.54) is 11.8 Å². The lowest BCUT2D eigenvalue weighted by Gasteiger charge is -2.10. The molecule has 0 fully saturated rings. The first kappa shape index (κ1) is 22.6. The van der Waals surface area contributed by atoms with Gasteiger partial charge in [0.2, 0.25) is 11.8 Å². The fourth-order valence-electron chi connectivity index (χ4n) is 3.06. The van der Waals surface area contributed by atoms with Gasteiger partial charge in [-0.2, -0.15) is 0 Å². The van der Waals surface area contributed by atoms with E-state index in [0.717, 1.165) is 28.1 Å². The minimum Gasteiger partial charge on any atom is -0.326 e. The molecule has 7 nitrogen and oxygen atoms in total. The van der Waals surface area contributed by atoms with Crippen molar-refractivity contribution >= 4 is 35.0 Å². The van der Waals surface area contributed by atoms with Gasteiger partial charge in [0.1, 0.15) is 5.82 Å². The van der Waals surface area contributed by atoms with Gasteiger partial charge in [-0.25, -0.2) is 0 Å². The molecule has 0 aliphatic carbocycles. The number of aromatic nitrogens is 3. The van der Waals surface area contributed by atoms with Crippen LogP contribution in [0.3, 0.4) is 0 Å². The second-order valence-electron chi connectivity index (χ2n) is 7.46. The predicted octanol–water partition coefficient (Wildman–Crippen LogP) is 4.04. The molecule has 0 saturated heterocycles. The number of anilines is 2. The van der Waals surface area contributed by atoms with E-state index in [4.69, 9.17) is 0 Å². The van der Waals surface area contributed by atoms with Gasteiger partial charge in [0.15, 0.2) is 5.16 Å². The molecular formula is C23H27N5O2S. The zero-order chi connectivity index (χ0) is 22.4. The molecular weight excluding hydrogens is 410 g/mol. The van der Waals surface area contributed by atoms with Crippen molar-refractivity contribution < 1.29 is 9.59 Å². The third-order valence-corrected chi connectivity index (χ3v) is 6.03. The number of amides is 2. The normalized spacial score (nSPS) is 10.7. The van der Waals surface area contributed by atoms with E-state index in [1.807, 2.05) is 74.9 Å². The molecule has 0 aliphatic heterocycles. The second-order valence-corrected chi connectivity index (χ2v) is 8.40. The van der Waals surface area contributed by atoms with Crippen LogP contribution in [0.1, 0.15) is 28.9 Å². The molecule has 0 radical (unpaired) electrons. The molecule has 2 N–H and O–H groups in total. The summed E-state index contributed by atoms with van der Waals surface area (Å²) in [5.74, 6) is 0.765. The number of aryl methyl sites for hydroxylation is 3. The summed E-state index contributed by atoms with van der Waals surface area (Å²) in [6.45, 7) is 5.99. The summed E-state index contributed by atoms with van der Waals surface area (Å²) in [5.41, 5.74) is 4.90.